The van der Waals surface area contributed by atoms with Crippen molar-refractivity contribution in [3.8, 4) is 0 Å². The summed E-state index contributed by atoms with van der Waals surface area (Å²) in [5, 5.41) is 6.31. The van der Waals surface area contributed by atoms with Crippen LogP contribution in [0.15, 0.2) is 35.5 Å². The maximum Gasteiger partial charge on any atom is 0.433 e. The minimum absolute atomic E-state index is 0.209. The molecule has 112 valence electrons. The zero-order valence-electron chi connectivity index (χ0n) is 11.7. The van der Waals surface area contributed by atoms with Crippen LogP contribution in [0.2, 0.25) is 0 Å². The molecule has 0 saturated carbocycles. The Hall–Kier alpha value is -2.02. The molecule has 0 radical (unpaired) electrons. The van der Waals surface area contributed by atoms with E-state index >= 15 is 0 Å². The maximum atomic E-state index is 12.3. The lowest BCUT2D eigenvalue weighted by Crippen LogP contribution is -2.41. The predicted molar refractivity (Wildman–Crippen MR) is 81.9 cm³/mol. The largest absolute Gasteiger partial charge is 0.433 e. The van der Waals surface area contributed by atoms with Gasteiger partial charge < -0.3 is 10.2 Å². The second kappa shape index (κ2) is 7.68. The summed E-state index contributed by atoms with van der Waals surface area (Å²) in [4.78, 5) is 29.8. The molecule has 1 N–H and O–H groups in total. The smallest absolute Gasteiger partial charge is 0.332 e. The van der Waals surface area contributed by atoms with E-state index < -0.39 is 6.09 Å². The minimum Gasteiger partial charge on any atom is -0.332 e. The summed E-state index contributed by atoms with van der Waals surface area (Å²) in [6.07, 6.45) is -0.654. The maximum absolute atomic E-state index is 12.3. The molecule has 1 aromatic rings. The monoisotopic (exact) mass is 307 g/mol. The number of carbonyl (C=O) groups is 2. The third kappa shape index (κ3) is 4.49. The van der Waals surface area contributed by atoms with Crippen molar-refractivity contribution >= 4 is 28.8 Å². The SMILES string of the molecule is CCNC(=O)O/N=C1/SCCN(Cc2ccccc2)C1=O. The standard InChI is InChI=1S/C14H17N3O3S/c1-2-15-14(19)20-16-12-13(18)17(8-9-21-12)10-11-6-4-3-5-7-11/h3-7H,2,8-10H2,1H3,(H,15,19)/b16-12+. The second-order valence-electron chi connectivity index (χ2n) is 4.37. The lowest BCUT2D eigenvalue weighted by molar-refractivity contribution is -0.124. The summed E-state index contributed by atoms with van der Waals surface area (Å²) >= 11 is 1.30. The molecule has 6 nitrogen and oxygen atoms in total. The van der Waals surface area contributed by atoms with E-state index in [1.807, 2.05) is 30.3 Å². The first-order valence-corrected chi connectivity index (χ1v) is 7.68. The van der Waals surface area contributed by atoms with Gasteiger partial charge in [-0.3, -0.25) is 9.63 Å². The van der Waals surface area contributed by atoms with Crippen molar-refractivity contribution in [1.29, 1.82) is 0 Å². The van der Waals surface area contributed by atoms with Crippen LogP contribution in [-0.4, -0.2) is 40.8 Å². The lowest BCUT2D eigenvalue weighted by Gasteiger charge is -2.26. The second-order valence-corrected chi connectivity index (χ2v) is 5.45. The number of oxime groups is 1. The molecule has 0 spiro atoms. The van der Waals surface area contributed by atoms with Crippen molar-refractivity contribution in [3.05, 3.63) is 35.9 Å². The van der Waals surface area contributed by atoms with Crippen LogP contribution in [0.25, 0.3) is 0 Å². The van der Waals surface area contributed by atoms with Gasteiger partial charge in [0.15, 0.2) is 0 Å². The highest BCUT2D eigenvalue weighted by Gasteiger charge is 2.26. The minimum atomic E-state index is -0.654. The molecular formula is C14H17N3O3S. The van der Waals surface area contributed by atoms with Gasteiger partial charge in [0.1, 0.15) is 0 Å². The number of carbonyl (C=O) groups excluding carboxylic acids is 2. The predicted octanol–water partition coefficient (Wildman–Crippen LogP) is 1.82. The normalized spacial score (nSPS) is 16.9. The van der Waals surface area contributed by atoms with E-state index in [0.717, 1.165) is 11.3 Å². The van der Waals surface area contributed by atoms with Gasteiger partial charge in [-0.25, -0.2) is 4.79 Å². The topological polar surface area (TPSA) is 71.0 Å². The summed E-state index contributed by atoms with van der Waals surface area (Å²) in [5.74, 6) is 0.523. The van der Waals surface area contributed by atoms with Gasteiger partial charge in [0.2, 0.25) is 5.04 Å². The van der Waals surface area contributed by atoms with E-state index in [9.17, 15) is 9.59 Å². The molecule has 21 heavy (non-hydrogen) atoms. The number of nitrogens with zero attached hydrogens (tertiary/aromatic N) is 2. The number of rotatable bonds is 4. The molecule has 1 aromatic carbocycles. The molecule has 7 heteroatoms. The van der Waals surface area contributed by atoms with Crippen LogP contribution in [0.1, 0.15) is 12.5 Å². The van der Waals surface area contributed by atoms with Crippen molar-refractivity contribution in [3.63, 3.8) is 0 Å². The van der Waals surface area contributed by atoms with Crippen LogP contribution in [0.5, 0.6) is 0 Å². The molecular weight excluding hydrogens is 290 g/mol. The van der Waals surface area contributed by atoms with E-state index in [1.54, 1.807) is 11.8 Å². The van der Waals surface area contributed by atoms with Crippen molar-refractivity contribution in [2.24, 2.45) is 5.16 Å². The Morgan fingerprint density at radius 3 is 2.90 bits per heavy atom. The van der Waals surface area contributed by atoms with Gasteiger partial charge in [-0.2, -0.15) is 0 Å². The number of nitrogens with one attached hydrogen (secondary N) is 1. The Kier molecular flexibility index (Phi) is 5.62. The fourth-order valence-corrected chi connectivity index (χ4v) is 2.68. The molecule has 1 aliphatic rings. The first-order valence-electron chi connectivity index (χ1n) is 6.69. The van der Waals surface area contributed by atoms with Crippen LogP contribution in [0.4, 0.5) is 4.79 Å². The van der Waals surface area contributed by atoms with Gasteiger partial charge in [0, 0.05) is 25.4 Å². The van der Waals surface area contributed by atoms with Gasteiger partial charge in [0.25, 0.3) is 5.91 Å². The number of hydrogen-bond acceptors (Lipinski definition) is 5. The molecule has 0 atom stereocenters. The van der Waals surface area contributed by atoms with E-state index in [1.165, 1.54) is 11.8 Å². The van der Waals surface area contributed by atoms with E-state index in [-0.39, 0.29) is 11.0 Å². The summed E-state index contributed by atoms with van der Waals surface area (Å²) in [7, 11) is 0. The summed E-state index contributed by atoms with van der Waals surface area (Å²) in [6, 6.07) is 9.75. The number of thioether (sulfide) groups is 1. The molecule has 2 rings (SSSR count). The van der Waals surface area contributed by atoms with E-state index in [4.69, 9.17) is 0 Å². The Labute approximate surface area is 127 Å². The van der Waals surface area contributed by atoms with Gasteiger partial charge in [-0.15, -0.1) is 0 Å². The highest BCUT2D eigenvalue weighted by atomic mass is 32.2. The molecule has 2 amide bonds. The fraction of sp³-hybridized carbons (Fsp3) is 0.357. The van der Waals surface area contributed by atoms with Crippen LogP contribution in [0.3, 0.4) is 0 Å². The molecule has 1 aliphatic heterocycles. The number of benzene rings is 1. The molecule has 1 saturated heterocycles. The highest BCUT2D eigenvalue weighted by molar-refractivity contribution is 8.15. The Morgan fingerprint density at radius 1 is 1.43 bits per heavy atom. The first kappa shape index (κ1) is 15.4. The van der Waals surface area contributed by atoms with Crippen LogP contribution < -0.4 is 5.32 Å². The molecule has 1 heterocycles. The third-order valence-corrected chi connectivity index (χ3v) is 3.73. The molecule has 1 fully saturated rings. The summed E-state index contributed by atoms with van der Waals surface area (Å²) < 4.78 is 0. The van der Waals surface area contributed by atoms with Crippen molar-refractivity contribution in [2.75, 3.05) is 18.8 Å². The Balaban J connectivity index is 1.97. The van der Waals surface area contributed by atoms with Gasteiger partial charge in [-0.1, -0.05) is 47.2 Å². The zero-order valence-corrected chi connectivity index (χ0v) is 12.6. The highest BCUT2D eigenvalue weighted by Crippen LogP contribution is 2.17. The zero-order chi connectivity index (χ0) is 15.1. The first-order chi connectivity index (χ1) is 10.2. The average molecular weight is 307 g/mol. The lowest BCUT2D eigenvalue weighted by atomic mass is 10.2. The van der Waals surface area contributed by atoms with Gasteiger partial charge in [0.05, 0.1) is 0 Å². The van der Waals surface area contributed by atoms with E-state index in [0.29, 0.717) is 19.6 Å². The third-order valence-electron chi connectivity index (χ3n) is 2.82. The van der Waals surface area contributed by atoms with Crippen LogP contribution in [0, 0.1) is 0 Å². The van der Waals surface area contributed by atoms with Crippen molar-refractivity contribution in [1.82, 2.24) is 10.2 Å². The average Bonchev–Trinajstić information content (AvgIpc) is 2.49. The molecule has 0 aliphatic carbocycles. The molecule has 0 unspecified atom stereocenters. The van der Waals surface area contributed by atoms with E-state index in [2.05, 4.69) is 15.3 Å². The van der Waals surface area contributed by atoms with Crippen molar-refractivity contribution < 1.29 is 14.4 Å². The van der Waals surface area contributed by atoms with Crippen molar-refractivity contribution in [2.45, 2.75) is 13.5 Å². The van der Waals surface area contributed by atoms with Crippen LogP contribution in [-0.2, 0) is 16.2 Å². The molecule has 0 bridgehead atoms. The van der Waals surface area contributed by atoms with Gasteiger partial charge >= 0.3 is 6.09 Å². The quantitative estimate of drug-likeness (QED) is 0.680. The van der Waals surface area contributed by atoms with Gasteiger partial charge in [-0.05, 0) is 12.5 Å². The Bertz CT molecular complexity index is 534. The number of amides is 2. The van der Waals surface area contributed by atoms with Crippen LogP contribution >= 0.6 is 11.8 Å². The summed E-state index contributed by atoms with van der Waals surface area (Å²) in [5.41, 5.74) is 1.06. The Morgan fingerprint density at radius 2 is 2.19 bits per heavy atom. The summed E-state index contributed by atoms with van der Waals surface area (Å²) in [6.45, 7) is 3.40. The number of hydrogen-bond donors (Lipinski definition) is 1. The fourth-order valence-electron chi connectivity index (χ4n) is 1.83. The molecule has 0 aromatic heterocycles.